The molecule has 0 aliphatic rings. The molecule has 4 heteroatoms. The molecule has 0 fully saturated rings. The predicted molar refractivity (Wildman–Crippen MR) is 74.9 cm³/mol. The third kappa shape index (κ3) is 2.69. The van der Waals surface area contributed by atoms with Crippen LogP contribution in [0.25, 0.3) is 0 Å². The molecule has 0 atom stereocenters. The van der Waals surface area contributed by atoms with Crippen LogP contribution in [0.3, 0.4) is 0 Å². The number of rotatable bonds is 3. The summed E-state index contributed by atoms with van der Waals surface area (Å²) >= 11 is 0. The average Bonchev–Trinajstić information content (AvgIpc) is 2.41. The van der Waals surface area contributed by atoms with Crippen molar-refractivity contribution >= 4 is 11.6 Å². The number of amides is 1. The number of nitrogens with zero attached hydrogens (tertiary/aromatic N) is 1. The van der Waals surface area contributed by atoms with Gasteiger partial charge in [0.15, 0.2) is 0 Å². The van der Waals surface area contributed by atoms with Crippen molar-refractivity contribution in [3.8, 4) is 0 Å². The zero-order valence-corrected chi connectivity index (χ0v) is 11.4. The first kappa shape index (κ1) is 14.2. The van der Waals surface area contributed by atoms with Crippen LogP contribution in [-0.4, -0.2) is 12.5 Å². The molecular formula is C16H15F2NO. The summed E-state index contributed by atoms with van der Waals surface area (Å²) in [6, 6.07) is 10.1. The van der Waals surface area contributed by atoms with Gasteiger partial charge in [-0.25, -0.2) is 8.78 Å². The van der Waals surface area contributed by atoms with Crippen LogP contribution < -0.4 is 4.90 Å². The van der Waals surface area contributed by atoms with Gasteiger partial charge in [-0.15, -0.1) is 0 Å². The summed E-state index contributed by atoms with van der Waals surface area (Å²) < 4.78 is 26.9. The van der Waals surface area contributed by atoms with Gasteiger partial charge in [-0.1, -0.05) is 12.1 Å². The molecule has 0 aliphatic carbocycles. The molecule has 0 aromatic heterocycles. The van der Waals surface area contributed by atoms with E-state index in [-0.39, 0.29) is 11.6 Å². The van der Waals surface area contributed by atoms with Crippen molar-refractivity contribution < 1.29 is 13.6 Å². The van der Waals surface area contributed by atoms with Crippen LogP contribution in [0.1, 0.15) is 22.8 Å². The number of aryl methyl sites for hydroxylation is 1. The molecule has 0 spiro atoms. The number of carbonyl (C=O) groups excluding carboxylic acids is 1. The molecule has 0 N–H and O–H groups in total. The van der Waals surface area contributed by atoms with Crippen molar-refractivity contribution in [2.24, 2.45) is 0 Å². The van der Waals surface area contributed by atoms with Crippen molar-refractivity contribution in [1.29, 1.82) is 0 Å². The summed E-state index contributed by atoms with van der Waals surface area (Å²) in [5.41, 5.74) is 1.13. The van der Waals surface area contributed by atoms with E-state index in [9.17, 15) is 13.6 Å². The van der Waals surface area contributed by atoms with E-state index in [1.807, 2.05) is 0 Å². The molecular weight excluding hydrogens is 260 g/mol. The quantitative estimate of drug-likeness (QED) is 0.830. The van der Waals surface area contributed by atoms with Gasteiger partial charge in [0.2, 0.25) is 0 Å². The maximum absolute atomic E-state index is 13.8. The molecule has 20 heavy (non-hydrogen) atoms. The van der Waals surface area contributed by atoms with Crippen LogP contribution in [0.2, 0.25) is 0 Å². The minimum absolute atomic E-state index is 0.226. The van der Waals surface area contributed by atoms with Gasteiger partial charge >= 0.3 is 0 Å². The Morgan fingerprint density at radius 3 is 2.45 bits per heavy atom. The number of carbonyl (C=O) groups is 1. The van der Waals surface area contributed by atoms with Gasteiger partial charge in [0, 0.05) is 12.1 Å². The van der Waals surface area contributed by atoms with Gasteiger partial charge in [0.25, 0.3) is 5.91 Å². The Bertz CT molecular complexity index is 640. The topological polar surface area (TPSA) is 20.3 Å². The molecule has 104 valence electrons. The zero-order chi connectivity index (χ0) is 14.7. The van der Waals surface area contributed by atoms with Gasteiger partial charge in [-0.05, 0) is 49.7 Å². The third-order valence-corrected chi connectivity index (χ3v) is 3.12. The van der Waals surface area contributed by atoms with E-state index in [2.05, 4.69) is 0 Å². The van der Waals surface area contributed by atoms with Crippen LogP contribution in [0.4, 0.5) is 14.5 Å². The summed E-state index contributed by atoms with van der Waals surface area (Å²) in [6.07, 6.45) is 0. The summed E-state index contributed by atoms with van der Waals surface area (Å²) in [5, 5.41) is 0. The van der Waals surface area contributed by atoms with Crippen molar-refractivity contribution in [2.45, 2.75) is 13.8 Å². The van der Waals surface area contributed by atoms with Gasteiger partial charge in [0.05, 0.1) is 5.69 Å². The Morgan fingerprint density at radius 2 is 1.85 bits per heavy atom. The Hall–Kier alpha value is -2.23. The second-order valence-electron chi connectivity index (χ2n) is 4.46. The molecule has 2 rings (SSSR count). The highest BCUT2D eigenvalue weighted by molar-refractivity contribution is 6.07. The van der Waals surface area contributed by atoms with Crippen LogP contribution in [-0.2, 0) is 0 Å². The molecule has 0 bridgehead atoms. The van der Waals surface area contributed by atoms with Crippen LogP contribution in [0, 0.1) is 18.6 Å². The Kier molecular flexibility index (Phi) is 4.13. The minimum atomic E-state index is -0.456. The van der Waals surface area contributed by atoms with E-state index in [1.165, 1.54) is 29.2 Å². The van der Waals surface area contributed by atoms with E-state index in [0.29, 0.717) is 17.7 Å². The molecule has 0 heterocycles. The van der Waals surface area contributed by atoms with E-state index < -0.39 is 11.6 Å². The second kappa shape index (κ2) is 5.82. The van der Waals surface area contributed by atoms with Crippen LogP contribution >= 0.6 is 0 Å². The first-order chi connectivity index (χ1) is 9.54. The lowest BCUT2D eigenvalue weighted by molar-refractivity contribution is 0.0987. The lowest BCUT2D eigenvalue weighted by atomic mass is 10.1. The molecule has 0 saturated carbocycles. The largest absolute Gasteiger partial charge is 0.306 e. The van der Waals surface area contributed by atoms with E-state index in [4.69, 9.17) is 0 Å². The SMILES string of the molecule is CCN(C(=O)c1ccc(F)cc1C)c1ccccc1F. The highest BCUT2D eigenvalue weighted by Crippen LogP contribution is 2.22. The smallest absolute Gasteiger partial charge is 0.258 e. The molecule has 1 amide bonds. The lowest BCUT2D eigenvalue weighted by Gasteiger charge is -2.22. The fourth-order valence-corrected chi connectivity index (χ4v) is 2.11. The monoisotopic (exact) mass is 275 g/mol. The molecule has 0 saturated heterocycles. The Balaban J connectivity index is 2.42. The third-order valence-electron chi connectivity index (χ3n) is 3.12. The molecule has 0 radical (unpaired) electrons. The van der Waals surface area contributed by atoms with E-state index in [1.54, 1.807) is 32.0 Å². The molecule has 2 nitrogen and oxygen atoms in total. The second-order valence-corrected chi connectivity index (χ2v) is 4.46. The van der Waals surface area contributed by atoms with Gasteiger partial charge in [-0.3, -0.25) is 4.79 Å². The maximum atomic E-state index is 13.8. The van der Waals surface area contributed by atoms with Crippen molar-refractivity contribution in [2.75, 3.05) is 11.4 Å². The van der Waals surface area contributed by atoms with E-state index >= 15 is 0 Å². The number of hydrogen-bond donors (Lipinski definition) is 0. The number of anilines is 1. The summed E-state index contributed by atoms with van der Waals surface area (Å²) in [6.45, 7) is 3.76. The number of para-hydroxylation sites is 1. The fraction of sp³-hybridized carbons (Fsp3) is 0.188. The maximum Gasteiger partial charge on any atom is 0.258 e. The lowest BCUT2D eigenvalue weighted by Crippen LogP contribution is -2.31. The normalized spacial score (nSPS) is 10.4. The predicted octanol–water partition coefficient (Wildman–Crippen LogP) is 3.94. The first-order valence-corrected chi connectivity index (χ1v) is 6.37. The molecule has 0 aliphatic heterocycles. The highest BCUT2D eigenvalue weighted by Gasteiger charge is 2.20. The zero-order valence-electron chi connectivity index (χ0n) is 11.4. The summed E-state index contributed by atoms with van der Waals surface area (Å²) in [4.78, 5) is 13.8. The first-order valence-electron chi connectivity index (χ1n) is 6.37. The fourth-order valence-electron chi connectivity index (χ4n) is 2.11. The summed E-state index contributed by atoms with van der Waals surface area (Å²) in [7, 11) is 0. The number of hydrogen-bond acceptors (Lipinski definition) is 1. The van der Waals surface area contributed by atoms with Crippen molar-refractivity contribution in [3.05, 3.63) is 65.2 Å². The molecule has 0 unspecified atom stereocenters. The summed E-state index contributed by atoms with van der Waals surface area (Å²) in [5.74, 6) is -1.19. The van der Waals surface area contributed by atoms with Crippen LogP contribution in [0.15, 0.2) is 42.5 Å². The minimum Gasteiger partial charge on any atom is -0.306 e. The standard InChI is InChI=1S/C16H15F2NO/c1-3-19(15-7-5-4-6-14(15)18)16(20)13-9-8-12(17)10-11(13)2/h4-10H,3H2,1-2H3. The Labute approximate surface area is 116 Å². The number of halogens is 2. The van der Waals surface area contributed by atoms with E-state index in [0.717, 1.165) is 0 Å². The average molecular weight is 275 g/mol. The van der Waals surface area contributed by atoms with Gasteiger partial charge < -0.3 is 4.90 Å². The highest BCUT2D eigenvalue weighted by atomic mass is 19.1. The van der Waals surface area contributed by atoms with Crippen LogP contribution in [0.5, 0.6) is 0 Å². The van der Waals surface area contributed by atoms with Gasteiger partial charge in [-0.2, -0.15) is 0 Å². The van der Waals surface area contributed by atoms with Gasteiger partial charge in [0.1, 0.15) is 11.6 Å². The molecule has 2 aromatic rings. The van der Waals surface area contributed by atoms with Crippen molar-refractivity contribution in [1.82, 2.24) is 0 Å². The van der Waals surface area contributed by atoms with Crippen molar-refractivity contribution in [3.63, 3.8) is 0 Å². The molecule has 2 aromatic carbocycles. The Morgan fingerprint density at radius 1 is 1.15 bits per heavy atom. The number of benzene rings is 2.